The molecule has 0 saturated carbocycles. The second kappa shape index (κ2) is 4.26. The van der Waals surface area contributed by atoms with Gasteiger partial charge in [-0.15, -0.1) is 12.6 Å². The molecule has 0 aliphatic heterocycles. The fraction of sp³-hybridized carbons (Fsp3) is 0. The van der Waals surface area contributed by atoms with Crippen LogP contribution in [0.1, 0.15) is 0 Å². The van der Waals surface area contributed by atoms with Gasteiger partial charge in [0.05, 0.1) is 5.70 Å². The molecule has 0 rings (SSSR count). The van der Waals surface area contributed by atoms with Gasteiger partial charge in [0, 0.05) is 6.20 Å². The topological polar surface area (TPSA) is 99.6 Å². The van der Waals surface area contributed by atoms with Crippen molar-refractivity contribution in [1.29, 1.82) is 10.5 Å². The lowest BCUT2D eigenvalue weighted by Crippen LogP contribution is -2.03. The number of thiol groups is 1. The highest BCUT2D eigenvalue weighted by molar-refractivity contribution is 7.84. The van der Waals surface area contributed by atoms with Gasteiger partial charge in [-0.3, -0.25) is 0 Å². The van der Waals surface area contributed by atoms with Crippen LogP contribution < -0.4 is 11.5 Å². The molecule has 0 aromatic carbocycles. The normalized spacial score (nSPS) is 12.8. The standard InChI is InChI=1S/C6H6N4S/c7-1-4(5(10)2-8)6(11)3-9/h2,11H,8,10H2/b5-2-,6-4+. The summed E-state index contributed by atoms with van der Waals surface area (Å²) in [6.45, 7) is 0. The lowest BCUT2D eigenvalue weighted by Gasteiger charge is -1.95. The lowest BCUT2D eigenvalue weighted by atomic mass is 10.2. The number of nitriles is 2. The van der Waals surface area contributed by atoms with E-state index < -0.39 is 0 Å². The Morgan fingerprint density at radius 3 is 2.18 bits per heavy atom. The first kappa shape index (κ1) is 9.41. The Labute approximate surface area is 69.8 Å². The summed E-state index contributed by atoms with van der Waals surface area (Å²) < 4.78 is 0. The molecule has 0 amide bonds. The monoisotopic (exact) mass is 166 g/mol. The SMILES string of the molecule is N#C/C(S)=C(C#N)\C(N)=C\N. The number of allylic oxidation sites excluding steroid dienone is 2. The van der Waals surface area contributed by atoms with E-state index in [2.05, 4.69) is 12.6 Å². The fourth-order valence-electron chi connectivity index (χ4n) is 0.393. The predicted octanol–water partition coefficient (Wildman–Crippen LogP) is -0.0237. The zero-order valence-corrected chi connectivity index (χ0v) is 6.47. The van der Waals surface area contributed by atoms with Gasteiger partial charge < -0.3 is 11.5 Å². The zero-order chi connectivity index (χ0) is 8.85. The van der Waals surface area contributed by atoms with E-state index >= 15 is 0 Å². The highest BCUT2D eigenvalue weighted by Gasteiger charge is 2.03. The first-order valence-electron chi connectivity index (χ1n) is 2.58. The molecule has 0 fully saturated rings. The van der Waals surface area contributed by atoms with Crippen LogP contribution >= 0.6 is 12.6 Å². The van der Waals surface area contributed by atoms with Gasteiger partial charge in [-0.2, -0.15) is 10.5 Å². The van der Waals surface area contributed by atoms with Crippen LogP contribution in [0.5, 0.6) is 0 Å². The van der Waals surface area contributed by atoms with Crippen molar-refractivity contribution in [3.63, 3.8) is 0 Å². The van der Waals surface area contributed by atoms with Crippen molar-refractivity contribution in [3.8, 4) is 12.1 Å². The number of rotatable bonds is 1. The van der Waals surface area contributed by atoms with E-state index in [4.69, 9.17) is 22.0 Å². The van der Waals surface area contributed by atoms with Crippen molar-refractivity contribution < 1.29 is 0 Å². The number of nitrogens with two attached hydrogens (primary N) is 2. The highest BCUT2D eigenvalue weighted by atomic mass is 32.1. The van der Waals surface area contributed by atoms with E-state index in [0.29, 0.717) is 0 Å². The minimum atomic E-state index is -0.0355. The smallest absolute Gasteiger partial charge is 0.107 e. The van der Waals surface area contributed by atoms with Gasteiger partial charge >= 0.3 is 0 Å². The molecule has 56 valence electrons. The van der Waals surface area contributed by atoms with E-state index in [-0.39, 0.29) is 16.2 Å². The molecule has 4 N–H and O–H groups in total. The third kappa shape index (κ3) is 2.24. The number of hydrogen-bond donors (Lipinski definition) is 3. The summed E-state index contributed by atoms with van der Waals surface area (Å²) in [5.41, 5.74) is 10.3. The van der Waals surface area contributed by atoms with E-state index in [1.807, 2.05) is 0 Å². The molecule has 0 radical (unpaired) electrons. The summed E-state index contributed by atoms with van der Waals surface area (Å²) in [6.07, 6.45) is 1.05. The highest BCUT2D eigenvalue weighted by Crippen LogP contribution is 2.11. The molecule has 5 heteroatoms. The molecule has 0 aromatic rings. The Balaban J connectivity index is 5.06. The summed E-state index contributed by atoms with van der Waals surface area (Å²) >= 11 is 3.72. The van der Waals surface area contributed by atoms with Crippen LogP contribution in [0.2, 0.25) is 0 Å². The maximum absolute atomic E-state index is 8.44. The molecule has 0 heterocycles. The largest absolute Gasteiger partial charge is 0.403 e. The third-order valence-electron chi connectivity index (χ3n) is 0.923. The number of nitrogens with zero attached hydrogens (tertiary/aromatic N) is 2. The van der Waals surface area contributed by atoms with Crippen LogP contribution in [0.25, 0.3) is 0 Å². The van der Waals surface area contributed by atoms with Crippen molar-refractivity contribution in [3.05, 3.63) is 22.4 Å². The van der Waals surface area contributed by atoms with Gasteiger partial charge in [-0.25, -0.2) is 0 Å². The van der Waals surface area contributed by atoms with Gasteiger partial charge in [0.2, 0.25) is 0 Å². The molecule has 11 heavy (non-hydrogen) atoms. The summed E-state index contributed by atoms with van der Waals surface area (Å²) in [4.78, 5) is -0.0355. The average Bonchev–Trinajstić information content (AvgIpc) is 2.05. The minimum Gasteiger partial charge on any atom is -0.403 e. The van der Waals surface area contributed by atoms with Crippen molar-refractivity contribution in [2.75, 3.05) is 0 Å². The molecule has 0 spiro atoms. The first-order chi connectivity index (χ1) is 5.17. The van der Waals surface area contributed by atoms with Crippen molar-refractivity contribution >= 4 is 12.6 Å². The van der Waals surface area contributed by atoms with Crippen LogP contribution in [0, 0.1) is 22.7 Å². The maximum atomic E-state index is 8.44. The second-order valence-corrected chi connectivity index (χ2v) is 2.02. The van der Waals surface area contributed by atoms with Crippen LogP contribution in [0.15, 0.2) is 22.4 Å². The van der Waals surface area contributed by atoms with Gasteiger partial charge in [-0.05, 0) is 0 Å². The van der Waals surface area contributed by atoms with Gasteiger partial charge in [0.25, 0.3) is 0 Å². The maximum Gasteiger partial charge on any atom is 0.107 e. The summed E-state index contributed by atoms with van der Waals surface area (Å²) in [6, 6.07) is 3.39. The Morgan fingerprint density at radius 2 is 1.91 bits per heavy atom. The molecule has 0 unspecified atom stereocenters. The Morgan fingerprint density at radius 1 is 1.36 bits per heavy atom. The third-order valence-corrected chi connectivity index (χ3v) is 1.25. The minimum absolute atomic E-state index is 0.00154. The Bertz CT molecular complexity index is 289. The van der Waals surface area contributed by atoms with Crippen molar-refractivity contribution in [2.45, 2.75) is 0 Å². The van der Waals surface area contributed by atoms with E-state index in [9.17, 15) is 0 Å². The fourth-order valence-corrected chi connectivity index (χ4v) is 0.573. The zero-order valence-electron chi connectivity index (χ0n) is 5.57. The van der Waals surface area contributed by atoms with Crippen LogP contribution in [-0.2, 0) is 0 Å². The molecule has 0 aliphatic carbocycles. The van der Waals surface area contributed by atoms with E-state index in [1.165, 1.54) is 0 Å². The van der Waals surface area contributed by atoms with Crippen LogP contribution in [0.4, 0.5) is 0 Å². The predicted molar refractivity (Wildman–Crippen MR) is 43.7 cm³/mol. The average molecular weight is 166 g/mol. The van der Waals surface area contributed by atoms with Crippen molar-refractivity contribution in [2.24, 2.45) is 11.5 Å². The molecular weight excluding hydrogens is 160 g/mol. The van der Waals surface area contributed by atoms with E-state index in [0.717, 1.165) is 6.20 Å². The molecule has 0 saturated heterocycles. The Hall–Kier alpha value is -1.59. The first-order valence-corrected chi connectivity index (χ1v) is 3.03. The molecule has 0 aliphatic rings. The van der Waals surface area contributed by atoms with Gasteiger partial charge in [0.1, 0.15) is 22.6 Å². The van der Waals surface area contributed by atoms with Crippen LogP contribution in [-0.4, -0.2) is 0 Å². The second-order valence-electron chi connectivity index (χ2n) is 1.57. The quantitative estimate of drug-likeness (QED) is 0.289. The van der Waals surface area contributed by atoms with E-state index in [1.54, 1.807) is 12.1 Å². The van der Waals surface area contributed by atoms with Crippen molar-refractivity contribution in [1.82, 2.24) is 0 Å². The molecule has 0 atom stereocenters. The Kier molecular flexibility index (Phi) is 3.65. The molecule has 0 aromatic heterocycles. The molecule has 0 bridgehead atoms. The van der Waals surface area contributed by atoms with Crippen LogP contribution in [0.3, 0.4) is 0 Å². The summed E-state index contributed by atoms with van der Waals surface area (Å²) in [7, 11) is 0. The van der Waals surface area contributed by atoms with Gasteiger partial charge in [0.15, 0.2) is 0 Å². The molecular formula is C6H6N4S. The lowest BCUT2D eigenvalue weighted by molar-refractivity contribution is 1.30. The van der Waals surface area contributed by atoms with Gasteiger partial charge in [-0.1, -0.05) is 0 Å². The summed E-state index contributed by atoms with van der Waals surface area (Å²) in [5, 5.41) is 16.8. The number of hydrogen-bond acceptors (Lipinski definition) is 5. The molecule has 4 nitrogen and oxygen atoms in total. The summed E-state index contributed by atoms with van der Waals surface area (Å²) in [5.74, 6) is 0.